The van der Waals surface area contributed by atoms with Crippen LogP contribution in [0.3, 0.4) is 0 Å². The summed E-state index contributed by atoms with van der Waals surface area (Å²) < 4.78 is 28.1. The molecule has 9 rings (SSSR count). The Balaban J connectivity index is 0.000000535. The third kappa shape index (κ3) is 30.0. The van der Waals surface area contributed by atoms with E-state index in [2.05, 4.69) is 262 Å². The average molecular weight is 1360 g/mol. The van der Waals surface area contributed by atoms with Gasteiger partial charge >= 0.3 is 5.82 Å². The van der Waals surface area contributed by atoms with Crippen LogP contribution in [0.25, 0.3) is 0 Å². The van der Waals surface area contributed by atoms with Crippen molar-refractivity contribution in [2.24, 2.45) is 21.1 Å². The Morgan fingerprint density at radius 2 is 0.989 bits per heavy atom. The van der Waals surface area contributed by atoms with E-state index >= 15 is 0 Å². The van der Waals surface area contributed by atoms with Gasteiger partial charge in [-0.05, 0) is 153 Å². The molecule has 0 aliphatic carbocycles. The zero-order chi connectivity index (χ0) is 74.3. The third-order valence-electron chi connectivity index (χ3n) is 13.0. The summed E-state index contributed by atoms with van der Waals surface area (Å²) in [6.07, 6.45) is 1.92. The van der Waals surface area contributed by atoms with Crippen LogP contribution in [0.1, 0.15) is 290 Å². The molecule has 0 saturated heterocycles. The monoisotopic (exact) mass is 1360 g/mol. The first-order valence-electron chi connectivity index (χ1n) is 32.4. The van der Waals surface area contributed by atoms with Crippen molar-refractivity contribution in [3.63, 3.8) is 0 Å². The Bertz CT molecular complexity index is 3380. The number of H-pyrrole nitrogens is 1. The molecule has 0 aromatic carbocycles. The number of hydrogen-bond donors (Lipinski definition) is 1. The van der Waals surface area contributed by atoms with E-state index in [4.69, 9.17) is 9.05 Å². The molecule has 95 heavy (non-hydrogen) atoms. The van der Waals surface area contributed by atoms with Crippen molar-refractivity contribution in [2.75, 3.05) is 0 Å². The lowest BCUT2D eigenvalue weighted by molar-refractivity contribution is -0.738. The number of aryl methyl sites for hydroxylation is 13. The Morgan fingerprint density at radius 3 is 1.18 bits per heavy atom. The first-order chi connectivity index (χ1) is 42.6. The fraction of sp³-hybridized carbons (Fsp3) is 0.725. The Labute approximate surface area is 579 Å². The molecule has 9 heterocycles. The first-order valence-corrected chi connectivity index (χ1v) is 34.0. The van der Waals surface area contributed by atoms with Crippen molar-refractivity contribution in [2.45, 2.75) is 312 Å². The average Bonchev–Trinajstić information content (AvgIpc) is 1.73. The van der Waals surface area contributed by atoms with Crippen LogP contribution in [0.5, 0.6) is 0 Å². The van der Waals surface area contributed by atoms with Gasteiger partial charge in [-0.1, -0.05) is 135 Å². The zero-order valence-electron chi connectivity index (χ0n) is 66.6. The van der Waals surface area contributed by atoms with Crippen molar-refractivity contribution in [3.8, 4) is 0 Å². The molecule has 0 bridgehead atoms. The van der Waals surface area contributed by atoms with E-state index in [1.54, 1.807) is 11.6 Å². The van der Waals surface area contributed by atoms with Gasteiger partial charge in [0.1, 0.15) is 63.7 Å². The van der Waals surface area contributed by atoms with Crippen LogP contribution in [-0.2, 0) is 70.1 Å². The molecule has 0 saturated carbocycles. The molecule has 9 aromatic rings. The molecule has 0 atom stereocenters. The number of nitrogens with zero attached hydrogens (tertiary/aromatic N) is 21. The topological polar surface area (TPSA) is 272 Å². The number of hydrogen-bond acceptors (Lipinski definition) is 20. The van der Waals surface area contributed by atoms with E-state index in [0.29, 0.717) is 17.6 Å². The molecular weight excluding hydrogens is 1230 g/mol. The van der Waals surface area contributed by atoms with Crippen molar-refractivity contribution < 1.29 is 13.7 Å². The number of rotatable bonds is 0. The largest absolute Gasteiger partial charge is 0.340 e. The lowest BCUT2D eigenvalue weighted by Gasteiger charge is -2.24. The van der Waals surface area contributed by atoms with Gasteiger partial charge in [0, 0.05) is 77.9 Å². The summed E-state index contributed by atoms with van der Waals surface area (Å²) in [7, 11) is 5.90. The van der Waals surface area contributed by atoms with Crippen LogP contribution >= 0.6 is 23.1 Å². The van der Waals surface area contributed by atoms with Crippen LogP contribution in [0, 0.1) is 76.2 Å². The van der Waals surface area contributed by atoms with Crippen molar-refractivity contribution >= 4 is 23.1 Å². The summed E-state index contributed by atoms with van der Waals surface area (Å²) in [6.45, 7) is 78.6. The standard InChI is InChI=1S/C9H16N2.4C8H15N3.2C7H12N2O.2C7H12N2S/c1-7-6-10-8(2)11(7)9(3,4)5;1-6-9-10-7(11(6)5)8(2,3)4;1-6-9-7(8(2,3)4)10-11(6)5;1-6-9-7(8(2,3)4)11(5)10-6;1-6-9-7(2)11(10-6)8(3,4)5;1-5-8-6(9-10-5)7(2,3)4;1-5-8-6(10-9-5)7(2,3)4;1-5-8-6(9-10-5)7(2,3)4;1-5-8-6(10-9-5)7(2,3)4/h6H,1-5H3;4*1-5H3;4*1-4H3/p+1. The van der Waals surface area contributed by atoms with E-state index in [9.17, 15) is 0 Å². The molecule has 534 valence electrons. The van der Waals surface area contributed by atoms with Crippen LogP contribution in [-0.4, -0.2) is 103 Å². The van der Waals surface area contributed by atoms with Gasteiger partial charge in [0.25, 0.3) is 0 Å². The lowest BCUT2D eigenvalue weighted by atomic mass is 9.96. The highest BCUT2D eigenvalue weighted by Gasteiger charge is 2.29. The number of imidazole rings is 1. The molecule has 0 spiro atoms. The molecule has 9 aromatic heterocycles. The molecule has 26 heteroatoms. The maximum absolute atomic E-state index is 4.97. The van der Waals surface area contributed by atoms with Gasteiger partial charge in [-0.3, -0.25) is 4.68 Å². The van der Waals surface area contributed by atoms with Gasteiger partial charge in [-0.15, -0.1) is 10.2 Å². The van der Waals surface area contributed by atoms with E-state index in [0.717, 1.165) is 79.9 Å². The molecule has 0 amide bonds. The number of aromatic amines is 1. The Morgan fingerprint density at radius 1 is 0.442 bits per heavy atom. The van der Waals surface area contributed by atoms with E-state index < -0.39 is 0 Å². The molecule has 0 radical (unpaired) electrons. The number of nitrogens with one attached hydrogen (secondary N) is 1. The highest BCUT2D eigenvalue weighted by molar-refractivity contribution is 7.05. The second-order valence-electron chi connectivity index (χ2n) is 33.0. The first kappa shape index (κ1) is 86.2. The van der Waals surface area contributed by atoms with E-state index in [1.165, 1.54) is 28.8 Å². The van der Waals surface area contributed by atoms with Gasteiger partial charge in [-0.25, -0.2) is 29.6 Å². The summed E-state index contributed by atoms with van der Waals surface area (Å²) >= 11 is 2.97. The van der Waals surface area contributed by atoms with E-state index in [1.807, 2.05) is 124 Å². The highest BCUT2D eigenvalue weighted by Crippen LogP contribution is 2.25. The lowest BCUT2D eigenvalue weighted by Crippen LogP contribution is -2.40. The fourth-order valence-corrected chi connectivity index (χ4v) is 9.57. The normalized spacial score (nSPS) is 12.1. The predicted octanol–water partition coefficient (Wildman–Crippen LogP) is 15.2. The summed E-state index contributed by atoms with van der Waals surface area (Å²) in [6, 6.07) is 0. The summed E-state index contributed by atoms with van der Waals surface area (Å²) in [5.74, 6) is 13.5. The van der Waals surface area contributed by atoms with Crippen LogP contribution < -0.4 is 4.68 Å². The van der Waals surface area contributed by atoms with Crippen molar-refractivity contribution in [1.82, 2.24) is 103 Å². The predicted molar refractivity (Wildman–Crippen MR) is 385 cm³/mol. The second-order valence-corrected chi connectivity index (χ2v) is 34.7. The summed E-state index contributed by atoms with van der Waals surface area (Å²) in [4.78, 5) is 34.0. The Kier molecular flexibility index (Phi) is 30.8. The quantitative estimate of drug-likeness (QED) is 0.138. The van der Waals surface area contributed by atoms with Gasteiger partial charge in [0.15, 0.2) is 17.5 Å². The number of aromatic nitrogens is 22. The van der Waals surface area contributed by atoms with Crippen LogP contribution in [0.4, 0.5) is 0 Å². The van der Waals surface area contributed by atoms with Crippen molar-refractivity contribution in [1.29, 1.82) is 0 Å². The van der Waals surface area contributed by atoms with E-state index in [-0.39, 0.29) is 49.0 Å². The molecule has 0 unspecified atom stereocenters. The smallest absolute Gasteiger partial charge is 0.324 e. The minimum absolute atomic E-state index is 0.00222. The molecule has 24 nitrogen and oxygen atoms in total. The molecule has 0 fully saturated rings. The van der Waals surface area contributed by atoms with Gasteiger partial charge in [0.05, 0.1) is 11.0 Å². The maximum atomic E-state index is 4.97. The van der Waals surface area contributed by atoms with Gasteiger partial charge in [-0.2, -0.15) is 38.7 Å². The zero-order valence-corrected chi connectivity index (χ0v) is 68.2. The minimum atomic E-state index is -0.0265. The molecular formula is C69H125N22O2S2+. The van der Waals surface area contributed by atoms with Crippen LogP contribution in [0.2, 0.25) is 0 Å². The fourth-order valence-electron chi connectivity index (χ4n) is 8.21. The summed E-state index contributed by atoms with van der Waals surface area (Å²) in [5.41, 5.74) is 1.95. The Hall–Kier alpha value is -6.83. The molecule has 0 aliphatic heterocycles. The maximum Gasteiger partial charge on any atom is 0.324 e. The SMILES string of the molecule is Cc1cnc(C)n1C(C)(C)C.Cc1nc(C(C)(C)C)[n+](C)[nH]1.Cc1nc(C(C)(C)C)nn1C.Cc1nc(C(C)(C)C)no1.Cc1nc(C(C)(C)C)ns1.Cc1nc(C)n(C(C)(C)C)n1.Cc1nnc(C(C)(C)C)n1C.Cc1noc(C(C)(C)C)n1.Cc1nsc(C(C)(C)C)n1. The molecule has 0 aliphatic rings. The van der Waals surface area contributed by atoms with Gasteiger partial charge < -0.3 is 18.2 Å². The van der Waals surface area contributed by atoms with Crippen molar-refractivity contribution in [3.05, 3.63) is 109 Å². The third-order valence-corrected chi connectivity index (χ3v) is 14.9. The molecule has 1 N–H and O–H groups in total. The highest BCUT2D eigenvalue weighted by atomic mass is 32.1. The van der Waals surface area contributed by atoms with Gasteiger partial charge in [0.2, 0.25) is 17.6 Å². The van der Waals surface area contributed by atoms with Crippen LogP contribution in [0.15, 0.2) is 15.2 Å². The summed E-state index contributed by atoms with van der Waals surface area (Å²) in [5, 5.41) is 29.4. The second kappa shape index (κ2) is 33.9. The minimum Gasteiger partial charge on any atom is -0.340 e.